The van der Waals surface area contributed by atoms with Gasteiger partial charge in [0.2, 0.25) is 0 Å². The van der Waals surface area contributed by atoms with Crippen LogP contribution in [-0.2, 0) is 14.2 Å². The average Bonchev–Trinajstić information content (AvgIpc) is 2.15. The third-order valence-corrected chi connectivity index (χ3v) is 1.91. The molecule has 70 valence electrons. The van der Waals surface area contributed by atoms with Crippen LogP contribution in [-0.4, -0.2) is 32.7 Å². The van der Waals surface area contributed by atoms with Crippen molar-refractivity contribution >= 4 is 0 Å². The molecule has 0 aromatic heterocycles. The summed E-state index contributed by atoms with van der Waals surface area (Å²) < 4.78 is 15.8. The van der Waals surface area contributed by atoms with E-state index < -0.39 is 0 Å². The van der Waals surface area contributed by atoms with E-state index in [1.807, 2.05) is 0 Å². The fourth-order valence-electron chi connectivity index (χ4n) is 1.22. The first-order valence-electron chi connectivity index (χ1n) is 4.23. The third kappa shape index (κ3) is 2.93. The summed E-state index contributed by atoms with van der Waals surface area (Å²) in [4.78, 5) is 0. The van der Waals surface area contributed by atoms with Crippen molar-refractivity contribution in [3.8, 4) is 0 Å². The Morgan fingerprint density at radius 2 is 2.42 bits per heavy atom. The first kappa shape index (κ1) is 9.71. The van der Waals surface area contributed by atoms with Crippen LogP contribution in [0.25, 0.3) is 0 Å². The van der Waals surface area contributed by atoms with Crippen molar-refractivity contribution in [3.05, 3.63) is 12.7 Å². The van der Waals surface area contributed by atoms with Crippen LogP contribution in [0.2, 0.25) is 0 Å². The van der Waals surface area contributed by atoms with Gasteiger partial charge < -0.3 is 14.2 Å². The van der Waals surface area contributed by atoms with Crippen LogP contribution in [0.3, 0.4) is 0 Å². The monoisotopic (exact) mass is 172 g/mol. The molecule has 0 amide bonds. The highest BCUT2D eigenvalue weighted by molar-refractivity contribution is 4.69. The number of rotatable bonds is 4. The Hall–Kier alpha value is -0.380. The smallest absolute Gasteiger partial charge is 0.157 e. The number of methoxy groups -OCH3 is 1. The zero-order valence-corrected chi connectivity index (χ0v) is 7.49. The van der Waals surface area contributed by atoms with E-state index in [1.165, 1.54) is 0 Å². The zero-order valence-electron chi connectivity index (χ0n) is 7.49. The Morgan fingerprint density at radius 1 is 1.58 bits per heavy atom. The van der Waals surface area contributed by atoms with Gasteiger partial charge in [0.15, 0.2) is 6.29 Å². The summed E-state index contributed by atoms with van der Waals surface area (Å²) in [7, 11) is 1.66. The molecule has 0 unspecified atom stereocenters. The number of hydrogen-bond acceptors (Lipinski definition) is 3. The molecule has 1 rings (SSSR count). The Balaban J connectivity index is 2.12. The van der Waals surface area contributed by atoms with E-state index in [0.717, 1.165) is 12.8 Å². The highest BCUT2D eigenvalue weighted by atomic mass is 16.7. The first-order chi connectivity index (χ1) is 5.86. The van der Waals surface area contributed by atoms with Gasteiger partial charge in [-0.1, -0.05) is 6.08 Å². The molecule has 1 heterocycles. The lowest BCUT2D eigenvalue weighted by molar-refractivity contribution is -0.180. The lowest BCUT2D eigenvalue weighted by Gasteiger charge is -2.27. The zero-order chi connectivity index (χ0) is 8.81. The Labute approximate surface area is 73.3 Å². The molecule has 0 N–H and O–H groups in total. The largest absolute Gasteiger partial charge is 0.372 e. The van der Waals surface area contributed by atoms with Gasteiger partial charge in [-0.3, -0.25) is 0 Å². The standard InChI is InChI=1S/C9H16O3/c1-3-6-11-8-4-5-9(10-2)12-7-8/h3,8-9H,1,4-7H2,2H3/t8-,9+/m0/s1. The molecule has 1 fully saturated rings. The maximum absolute atomic E-state index is 5.43. The highest BCUT2D eigenvalue weighted by Crippen LogP contribution is 2.16. The summed E-state index contributed by atoms with van der Waals surface area (Å²) >= 11 is 0. The van der Waals surface area contributed by atoms with E-state index in [-0.39, 0.29) is 12.4 Å². The molecule has 0 aromatic rings. The summed E-state index contributed by atoms with van der Waals surface area (Å²) in [6, 6.07) is 0. The van der Waals surface area contributed by atoms with E-state index in [4.69, 9.17) is 14.2 Å². The van der Waals surface area contributed by atoms with Crippen molar-refractivity contribution in [2.24, 2.45) is 0 Å². The summed E-state index contributed by atoms with van der Waals surface area (Å²) in [5.74, 6) is 0. The Morgan fingerprint density at radius 3 is 2.92 bits per heavy atom. The lowest BCUT2D eigenvalue weighted by Crippen LogP contribution is -2.32. The minimum Gasteiger partial charge on any atom is -0.372 e. The minimum absolute atomic E-state index is 0.0337. The van der Waals surface area contributed by atoms with E-state index in [2.05, 4.69) is 6.58 Å². The van der Waals surface area contributed by atoms with E-state index >= 15 is 0 Å². The van der Waals surface area contributed by atoms with Crippen molar-refractivity contribution in [1.82, 2.24) is 0 Å². The number of hydrogen-bond donors (Lipinski definition) is 0. The van der Waals surface area contributed by atoms with E-state index in [0.29, 0.717) is 13.2 Å². The molecule has 1 saturated heterocycles. The summed E-state index contributed by atoms with van der Waals surface area (Å²) in [5, 5.41) is 0. The molecule has 3 nitrogen and oxygen atoms in total. The van der Waals surface area contributed by atoms with Gasteiger partial charge in [0.05, 0.1) is 19.3 Å². The van der Waals surface area contributed by atoms with Crippen LogP contribution in [0.5, 0.6) is 0 Å². The van der Waals surface area contributed by atoms with Gasteiger partial charge in [-0.05, 0) is 6.42 Å². The topological polar surface area (TPSA) is 27.7 Å². The van der Waals surface area contributed by atoms with Gasteiger partial charge in [-0.2, -0.15) is 0 Å². The van der Waals surface area contributed by atoms with Crippen molar-refractivity contribution in [2.45, 2.75) is 25.2 Å². The minimum atomic E-state index is -0.0337. The van der Waals surface area contributed by atoms with Gasteiger partial charge >= 0.3 is 0 Å². The summed E-state index contributed by atoms with van der Waals surface area (Å²) in [6.07, 6.45) is 3.86. The SMILES string of the molecule is C=CCO[C@H]1CC[C@H](OC)OC1. The highest BCUT2D eigenvalue weighted by Gasteiger charge is 2.20. The van der Waals surface area contributed by atoms with E-state index in [1.54, 1.807) is 13.2 Å². The molecule has 3 heteroatoms. The molecule has 12 heavy (non-hydrogen) atoms. The quantitative estimate of drug-likeness (QED) is 0.599. The first-order valence-corrected chi connectivity index (χ1v) is 4.23. The summed E-state index contributed by atoms with van der Waals surface area (Å²) in [5.41, 5.74) is 0. The maximum Gasteiger partial charge on any atom is 0.157 e. The molecular formula is C9H16O3. The Kier molecular flexibility index (Phi) is 4.29. The van der Waals surface area contributed by atoms with Gasteiger partial charge in [0.1, 0.15) is 0 Å². The molecular weight excluding hydrogens is 156 g/mol. The van der Waals surface area contributed by atoms with Crippen LogP contribution >= 0.6 is 0 Å². The van der Waals surface area contributed by atoms with Crippen molar-refractivity contribution in [2.75, 3.05) is 20.3 Å². The van der Waals surface area contributed by atoms with E-state index in [9.17, 15) is 0 Å². The molecule has 1 aliphatic rings. The Bertz CT molecular complexity index is 128. The maximum atomic E-state index is 5.43. The van der Waals surface area contributed by atoms with Crippen LogP contribution in [0.15, 0.2) is 12.7 Å². The lowest BCUT2D eigenvalue weighted by atomic mass is 10.1. The van der Waals surface area contributed by atoms with Crippen molar-refractivity contribution < 1.29 is 14.2 Å². The fourth-order valence-corrected chi connectivity index (χ4v) is 1.22. The van der Waals surface area contributed by atoms with Crippen LogP contribution in [0, 0.1) is 0 Å². The third-order valence-electron chi connectivity index (χ3n) is 1.91. The predicted molar refractivity (Wildman–Crippen MR) is 45.9 cm³/mol. The van der Waals surface area contributed by atoms with Crippen LogP contribution < -0.4 is 0 Å². The normalized spacial score (nSPS) is 30.1. The average molecular weight is 172 g/mol. The molecule has 0 saturated carbocycles. The second-order valence-electron chi connectivity index (χ2n) is 2.82. The van der Waals surface area contributed by atoms with Crippen LogP contribution in [0.1, 0.15) is 12.8 Å². The van der Waals surface area contributed by atoms with Gasteiger partial charge in [-0.25, -0.2) is 0 Å². The van der Waals surface area contributed by atoms with Gasteiger partial charge in [0.25, 0.3) is 0 Å². The van der Waals surface area contributed by atoms with Crippen molar-refractivity contribution in [3.63, 3.8) is 0 Å². The van der Waals surface area contributed by atoms with Gasteiger partial charge in [-0.15, -0.1) is 6.58 Å². The molecule has 0 radical (unpaired) electrons. The summed E-state index contributed by atoms with van der Waals surface area (Å²) in [6.45, 7) is 4.82. The fraction of sp³-hybridized carbons (Fsp3) is 0.778. The molecule has 0 aromatic carbocycles. The number of ether oxygens (including phenoxy) is 3. The molecule has 0 aliphatic carbocycles. The van der Waals surface area contributed by atoms with Crippen LogP contribution in [0.4, 0.5) is 0 Å². The second kappa shape index (κ2) is 5.30. The molecule has 0 bridgehead atoms. The molecule has 1 aliphatic heterocycles. The molecule has 2 atom stereocenters. The second-order valence-corrected chi connectivity index (χ2v) is 2.82. The predicted octanol–water partition coefficient (Wildman–Crippen LogP) is 1.34. The van der Waals surface area contributed by atoms with Crippen molar-refractivity contribution in [1.29, 1.82) is 0 Å². The molecule has 0 spiro atoms. The van der Waals surface area contributed by atoms with Gasteiger partial charge in [0, 0.05) is 13.5 Å².